The highest BCUT2D eigenvalue weighted by Gasteiger charge is 2.20. The summed E-state index contributed by atoms with van der Waals surface area (Å²) in [6.45, 7) is 13.2. The first kappa shape index (κ1) is 16.3. The lowest BCUT2D eigenvalue weighted by molar-refractivity contribution is 0.292. The summed E-state index contributed by atoms with van der Waals surface area (Å²) in [6, 6.07) is 6.03. The molecule has 0 spiro atoms. The van der Waals surface area contributed by atoms with Gasteiger partial charge in [-0.2, -0.15) is 0 Å². The van der Waals surface area contributed by atoms with Gasteiger partial charge in [-0.05, 0) is 46.0 Å². The number of pyridine rings is 1. The van der Waals surface area contributed by atoms with Gasteiger partial charge >= 0.3 is 0 Å². The number of hydrogen-bond donors (Lipinski definition) is 0. The minimum atomic E-state index is -0.889. The highest BCUT2D eigenvalue weighted by atomic mass is 32.2. The number of nitrogens with zero attached hydrogens (tertiary/aromatic N) is 2. The molecule has 0 aliphatic heterocycles. The van der Waals surface area contributed by atoms with Crippen LogP contribution in [0.3, 0.4) is 0 Å². The van der Waals surface area contributed by atoms with E-state index in [9.17, 15) is 4.21 Å². The van der Waals surface area contributed by atoms with E-state index in [1.165, 1.54) is 0 Å². The zero-order valence-electron chi connectivity index (χ0n) is 12.8. The molecule has 0 unspecified atom stereocenters. The van der Waals surface area contributed by atoms with E-state index >= 15 is 0 Å². The molecule has 3 nitrogen and oxygen atoms in total. The van der Waals surface area contributed by atoms with Crippen LogP contribution >= 0.6 is 0 Å². The second kappa shape index (κ2) is 7.15. The van der Waals surface area contributed by atoms with Gasteiger partial charge in [-0.1, -0.05) is 19.9 Å². The zero-order valence-corrected chi connectivity index (χ0v) is 13.6. The Morgan fingerprint density at radius 2 is 1.74 bits per heavy atom. The Labute approximate surface area is 119 Å². The first-order valence-corrected chi connectivity index (χ1v) is 8.24. The third-order valence-corrected chi connectivity index (χ3v) is 5.03. The molecule has 1 rings (SSSR count). The van der Waals surface area contributed by atoms with Crippen molar-refractivity contribution < 1.29 is 4.21 Å². The van der Waals surface area contributed by atoms with Crippen LogP contribution in [-0.4, -0.2) is 31.9 Å². The van der Waals surface area contributed by atoms with E-state index in [2.05, 4.69) is 23.7 Å². The Morgan fingerprint density at radius 3 is 2.26 bits per heavy atom. The Kier molecular flexibility index (Phi) is 6.14. The number of rotatable bonds is 6. The minimum absolute atomic E-state index is 0.184. The number of aromatic nitrogens is 1. The molecule has 0 amide bonds. The van der Waals surface area contributed by atoms with Gasteiger partial charge < -0.3 is 0 Å². The summed E-state index contributed by atoms with van der Waals surface area (Å²) in [7, 11) is -0.889. The lowest BCUT2D eigenvalue weighted by Gasteiger charge is -2.19. The molecule has 19 heavy (non-hydrogen) atoms. The van der Waals surface area contributed by atoms with Crippen molar-refractivity contribution in [3.8, 4) is 0 Å². The van der Waals surface area contributed by atoms with E-state index < -0.39 is 10.8 Å². The van der Waals surface area contributed by atoms with Crippen LogP contribution in [0.5, 0.6) is 0 Å². The Balaban J connectivity index is 2.75. The van der Waals surface area contributed by atoms with E-state index in [1.54, 1.807) is 0 Å². The van der Waals surface area contributed by atoms with E-state index in [4.69, 9.17) is 0 Å². The maximum absolute atomic E-state index is 12.1. The van der Waals surface area contributed by atoms with Crippen LogP contribution < -0.4 is 0 Å². The van der Waals surface area contributed by atoms with Crippen molar-refractivity contribution in [2.75, 3.05) is 13.1 Å². The fraction of sp³-hybridized carbons (Fsp3) is 0.667. The molecule has 108 valence electrons. The summed E-state index contributed by atoms with van der Waals surface area (Å²) in [5.41, 5.74) is 1.99. The van der Waals surface area contributed by atoms with Gasteiger partial charge in [-0.25, -0.2) is 0 Å². The highest BCUT2D eigenvalue weighted by Crippen LogP contribution is 2.15. The maximum Gasteiger partial charge on any atom is 0.0664 e. The van der Waals surface area contributed by atoms with E-state index in [-0.39, 0.29) is 4.75 Å². The van der Waals surface area contributed by atoms with Crippen molar-refractivity contribution >= 4 is 10.8 Å². The van der Waals surface area contributed by atoms with Crippen molar-refractivity contribution in [2.24, 2.45) is 0 Å². The lowest BCUT2D eigenvalue weighted by Crippen LogP contribution is -2.24. The standard InChI is InChI=1S/C15H26N2OS/c1-6-17(7-2)11-13-9-8-10-14(16-13)12-19(18)15(3,4)5/h8-10H,6-7,11-12H2,1-5H3/t19-/m1/s1. The quantitative estimate of drug-likeness (QED) is 0.804. The molecule has 1 atom stereocenters. The second-order valence-corrected chi connectivity index (χ2v) is 7.89. The highest BCUT2D eigenvalue weighted by molar-refractivity contribution is 7.85. The molecule has 0 aliphatic carbocycles. The van der Waals surface area contributed by atoms with Crippen molar-refractivity contribution in [1.29, 1.82) is 0 Å². The van der Waals surface area contributed by atoms with Crippen LogP contribution in [0.4, 0.5) is 0 Å². The summed E-state index contributed by atoms with van der Waals surface area (Å²) in [6.07, 6.45) is 0. The monoisotopic (exact) mass is 282 g/mol. The molecule has 0 radical (unpaired) electrons. The topological polar surface area (TPSA) is 33.2 Å². The first-order chi connectivity index (χ1) is 8.86. The van der Waals surface area contributed by atoms with Gasteiger partial charge in [-0.3, -0.25) is 14.1 Å². The molecular formula is C15H26N2OS. The first-order valence-electron chi connectivity index (χ1n) is 6.92. The molecule has 0 aromatic carbocycles. The molecule has 0 saturated heterocycles. The molecule has 1 heterocycles. The van der Waals surface area contributed by atoms with Gasteiger partial charge in [0.2, 0.25) is 0 Å². The van der Waals surface area contributed by atoms with Gasteiger partial charge in [0.1, 0.15) is 0 Å². The fourth-order valence-electron chi connectivity index (χ4n) is 1.72. The molecule has 4 heteroatoms. The largest absolute Gasteiger partial charge is 0.298 e. The Bertz CT molecular complexity index is 422. The predicted octanol–water partition coefficient (Wildman–Crippen LogP) is 2.97. The van der Waals surface area contributed by atoms with Crippen molar-refractivity contribution in [2.45, 2.75) is 51.7 Å². The van der Waals surface area contributed by atoms with Gasteiger partial charge in [-0.15, -0.1) is 0 Å². The van der Waals surface area contributed by atoms with Crippen LogP contribution in [0, 0.1) is 0 Å². The molecule has 0 aliphatic rings. The van der Waals surface area contributed by atoms with Crippen LogP contribution in [0.2, 0.25) is 0 Å². The zero-order chi connectivity index (χ0) is 14.5. The summed E-state index contributed by atoms with van der Waals surface area (Å²) in [5, 5.41) is 0. The molecule has 0 bridgehead atoms. The summed E-state index contributed by atoms with van der Waals surface area (Å²) >= 11 is 0. The fourth-order valence-corrected chi connectivity index (χ4v) is 2.59. The summed E-state index contributed by atoms with van der Waals surface area (Å²) in [4.78, 5) is 6.95. The lowest BCUT2D eigenvalue weighted by atomic mass is 10.3. The minimum Gasteiger partial charge on any atom is -0.298 e. The molecular weight excluding hydrogens is 256 g/mol. The van der Waals surface area contributed by atoms with Gasteiger partial charge in [0.05, 0.1) is 17.1 Å². The van der Waals surface area contributed by atoms with Crippen molar-refractivity contribution in [3.63, 3.8) is 0 Å². The van der Waals surface area contributed by atoms with Crippen LogP contribution in [0.1, 0.15) is 46.0 Å². The average Bonchev–Trinajstić information content (AvgIpc) is 2.35. The van der Waals surface area contributed by atoms with Crippen LogP contribution in [0.25, 0.3) is 0 Å². The van der Waals surface area contributed by atoms with Gasteiger partial charge in [0.25, 0.3) is 0 Å². The second-order valence-electron chi connectivity index (χ2n) is 5.68. The van der Waals surface area contributed by atoms with Gasteiger partial charge in [0.15, 0.2) is 0 Å². The smallest absolute Gasteiger partial charge is 0.0664 e. The van der Waals surface area contributed by atoms with E-state index in [1.807, 2.05) is 39.0 Å². The average molecular weight is 282 g/mol. The van der Waals surface area contributed by atoms with Gasteiger partial charge in [0, 0.05) is 22.1 Å². The van der Waals surface area contributed by atoms with Crippen molar-refractivity contribution in [1.82, 2.24) is 9.88 Å². The normalized spacial score (nSPS) is 13.8. The third kappa shape index (κ3) is 5.41. The molecule has 0 fully saturated rings. The summed E-state index contributed by atoms with van der Waals surface area (Å²) < 4.78 is 12.0. The van der Waals surface area contributed by atoms with Crippen LogP contribution in [0.15, 0.2) is 18.2 Å². The van der Waals surface area contributed by atoms with Crippen LogP contribution in [-0.2, 0) is 23.1 Å². The Morgan fingerprint density at radius 1 is 1.16 bits per heavy atom. The van der Waals surface area contributed by atoms with E-state index in [0.29, 0.717) is 5.75 Å². The Hall–Kier alpha value is -0.740. The van der Waals surface area contributed by atoms with E-state index in [0.717, 1.165) is 31.0 Å². The predicted molar refractivity (Wildman–Crippen MR) is 82.5 cm³/mol. The third-order valence-electron chi connectivity index (χ3n) is 3.11. The summed E-state index contributed by atoms with van der Waals surface area (Å²) in [5.74, 6) is 0.537. The SMILES string of the molecule is CCN(CC)Cc1cccc(C[S@@](=O)C(C)(C)C)n1. The number of hydrogen-bond acceptors (Lipinski definition) is 3. The maximum atomic E-state index is 12.1. The molecule has 0 N–H and O–H groups in total. The van der Waals surface area contributed by atoms with Crippen molar-refractivity contribution in [3.05, 3.63) is 29.6 Å². The molecule has 1 aromatic heterocycles. The molecule has 1 aromatic rings. The molecule has 0 saturated carbocycles.